The molecule has 114 valence electrons. The predicted molar refractivity (Wildman–Crippen MR) is 84.1 cm³/mol. The van der Waals surface area contributed by atoms with Gasteiger partial charge in [0, 0.05) is 24.4 Å². The van der Waals surface area contributed by atoms with Crippen molar-refractivity contribution in [3.63, 3.8) is 0 Å². The normalized spacial score (nSPS) is 28.7. The molecule has 2 N–H and O–H groups in total. The van der Waals surface area contributed by atoms with Crippen molar-refractivity contribution in [3.05, 3.63) is 0 Å². The predicted octanol–water partition coefficient (Wildman–Crippen LogP) is 1.07. The highest BCUT2D eigenvalue weighted by atomic mass is 32.2. The summed E-state index contributed by atoms with van der Waals surface area (Å²) >= 11 is 1.84. The van der Waals surface area contributed by atoms with Crippen LogP contribution in [0.4, 0.5) is 0 Å². The topological polar surface area (TPSA) is 44.4 Å². The fourth-order valence-electron chi connectivity index (χ4n) is 3.27. The minimum atomic E-state index is 0.235. The number of carbonyl (C=O) groups excluding carboxylic acids is 1. The van der Waals surface area contributed by atoms with Gasteiger partial charge in [0.1, 0.15) is 0 Å². The molecule has 0 aromatic carbocycles. The van der Waals surface area contributed by atoms with E-state index in [4.69, 9.17) is 0 Å². The zero-order valence-electron chi connectivity index (χ0n) is 12.3. The van der Waals surface area contributed by atoms with E-state index in [9.17, 15) is 4.79 Å². The molecule has 3 aliphatic rings. The molecule has 4 nitrogen and oxygen atoms in total. The van der Waals surface area contributed by atoms with Crippen LogP contribution in [0.15, 0.2) is 0 Å². The minimum Gasteiger partial charge on any atom is -0.355 e. The fraction of sp³-hybridized carbons (Fsp3) is 0.933. The van der Waals surface area contributed by atoms with Crippen LogP contribution in [0.2, 0.25) is 0 Å². The largest absolute Gasteiger partial charge is 0.355 e. The summed E-state index contributed by atoms with van der Waals surface area (Å²) in [7, 11) is 0. The number of carbonyl (C=O) groups is 1. The first-order chi connectivity index (χ1) is 9.81. The Morgan fingerprint density at radius 1 is 1.20 bits per heavy atom. The lowest BCUT2D eigenvalue weighted by Crippen LogP contribution is -2.34. The summed E-state index contributed by atoms with van der Waals surface area (Å²) in [6.45, 7) is 5.55. The monoisotopic (exact) mass is 297 g/mol. The zero-order valence-corrected chi connectivity index (χ0v) is 13.1. The first-order valence-electron chi connectivity index (χ1n) is 8.14. The number of rotatable bonds is 6. The molecule has 2 heterocycles. The third-order valence-electron chi connectivity index (χ3n) is 4.70. The van der Waals surface area contributed by atoms with Gasteiger partial charge in [-0.15, -0.1) is 11.8 Å². The van der Waals surface area contributed by atoms with Crippen LogP contribution in [0.3, 0.4) is 0 Å². The van der Waals surface area contributed by atoms with Crippen molar-refractivity contribution in [1.29, 1.82) is 0 Å². The molecule has 20 heavy (non-hydrogen) atoms. The number of nitrogens with one attached hydrogen (secondary N) is 2. The van der Waals surface area contributed by atoms with Crippen LogP contribution >= 0.6 is 11.8 Å². The third kappa shape index (κ3) is 4.37. The van der Waals surface area contributed by atoms with Crippen molar-refractivity contribution in [2.45, 2.75) is 43.4 Å². The van der Waals surface area contributed by atoms with Crippen molar-refractivity contribution in [1.82, 2.24) is 15.5 Å². The van der Waals surface area contributed by atoms with Crippen LogP contribution in [0.5, 0.6) is 0 Å². The van der Waals surface area contributed by atoms with Crippen molar-refractivity contribution < 1.29 is 4.79 Å². The van der Waals surface area contributed by atoms with Crippen molar-refractivity contribution >= 4 is 17.7 Å². The summed E-state index contributed by atoms with van der Waals surface area (Å²) in [5.74, 6) is 1.56. The lowest BCUT2D eigenvalue weighted by Gasteiger charge is -2.22. The maximum Gasteiger partial charge on any atom is 0.230 e. The molecule has 1 unspecified atom stereocenters. The van der Waals surface area contributed by atoms with E-state index in [-0.39, 0.29) is 5.91 Å². The van der Waals surface area contributed by atoms with Gasteiger partial charge in [0.15, 0.2) is 0 Å². The van der Waals surface area contributed by atoms with Gasteiger partial charge in [0.25, 0.3) is 0 Å². The number of amides is 1. The maximum absolute atomic E-state index is 11.9. The van der Waals surface area contributed by atoms with E-state index in [2.05, 4.69) is 15.5 Å². The summed E-state index contributed by atoms with van der Waals surface area (Å²) in [4.78, 5) is 14.5. The lowest BCUT2D eigenvalue weighted by atomic mass is 10.1. The second-order valence-corrected chi connectivity index (χ2v) is 7.73. The Morgan fingerprint density at radius 3 is 2.75 bits per heavy atom. The van der Waals surface area contributed by atoms with E-state index in [0.717, 1.165) is 25.7 Å². The van der Waals surface area contributed by atoms with Gasteiger partial charge >= 0.3 is 0 Å². The molecule has 1 atom stereocenters. The highest BCUT2D eigenvalue weighted by Gasteiger charge is 2.34. The number of nitrogens with zero attached hydrogens (tertiary/aromatic N) is 1. The molecule has 0 radical (unpaired) electrons. The number of thioether (sulfide) groups is 1. The summed E-state index contributed by atoms with van der Waals surface area (Å²) in [5, 5.41) is 7.19. The van der Waals surface area contributed by atoms with Crippen LogP contribution in [0, 0.1) is 5.92 Å². The van der Waals surface area contributed by atoms with Crippen molar-refractivity contribution in [3.8, 4) is 0 Å². The van der Waals surface area contributed by atoms with E-state index in [0.29, 0.717) is 16.9 Å². The summed E-state index contributed by atoms with van der Waals surface area (Å²) < 4.78 is 0. The molecule has 1 saturated carbocycles. The average molecular weight is 297 g/mol. The number of piperidine rings is 1. The molecule has 1 amide bonds. The average Bonchev–Trinajstić information content (AvgIpc) is 3.23. The van der Waals surface area contributed by atoms with Crippen molar-refractivity contribution in [2.75, 3.05) is 38.5 Å². The molecule has 3 rings (SSSR count). The van der Waals surface area contributed by atoms with Crippen LogP contribution in [-0.4, -0.2) is 60.6 Å². The van der Waals surface area contributed by atoms with Gasteiger partial charge in [-0.05, 0) is 57.7 Å². The van der Waals surface area contributed by atoms with Gasteiger partial charge in [0.05, 0.1) is 5.75 Å². The van der Waals surface area contributed by atoms with Gasteiger partial charge in [-0.1, -0.05) is 0 Å². The molecule has 0 spiro atoms. The molecular weight excluding hydrogens is 270 g/mol. The first-order valence-corrected chi connectivity index (χ1v) is 9.19. The third-order valence-corrected chi connectivity index (χ3v) is 6.08. The van der Waals surface area contributed by atoms with Gasteiger partial charge in [0.2, 0.25) is 5.91 Å². The lowest BCUT2D eigenvalue weighted by molar-refractivity contribution is -0.118. The Bertz CT molecular complexity index is 329. The zero-order chi connectivity index (χ0) is 13.8. The van der Waals surface area contributed by atoms with Crippen LogP contribution in [-0.2, 0) is 4.79 Å². The van der Waals surface area contributed by atoms with Crippen molar-refractivity contribution in [2.24, 2.45) is 5.92 Å². The Hall–Kier alpha value is -0.260. The molecule has 2 saturated heterocycles. The molecular formula is C15H27N3OS. The molecule has 3 fully saturated rings. The summed E-state index contributed by atoms with van der Waals surface area (Å²) in [6, 6.07) is 0.881. The SMILES string of the molecule is O=C(CSC1CCNCC1)NCC1CCN(C2CC2)C1. The Labute approximate surface area is 126 Å². The Kier molecular flexibility index (Phi) is 5.24. The van der Waals surface area contributed by atoms with E-state index in [1.165, 1.54) is 45.2 Å². The molecule has 2 aliphatic heterocycles. The number of hydrogen-bond acceptors (Lipinski definition) is 4. The smallest absolute Gasteiger partial charge is 0.230 e. The Morgan fingerprint density at radius 2 is 2.00 bits per heavy atom. The van der Waals surface area contributed by atoms with Gasteiger partial charge in [-0.3, -0.25) is 4.79 Å². The molecule has 0 aromatic heterocycles. The van der Waals surface area contributed by atoms with Crippen LogP contribution < -0.4 is 10.6 Å². The van der Waals surface area contributed by atoms with Crippen LogP contribution in [0.1, 0.15) is 32.1 Å². The highest BCUT2D eigenvalue weighted by Crippen LogP contribution is 2.31. The van der Waals surface area contributed by atoms with E-state index in [1.807, 2.05) is 11.8 Å². The van der Waals surface area contributed by atoms with E-state index in [1.54, 1.807) is 0 Å². The number of likely N-dealkylation sites (tertiary alicyclic amines) is 1. The second-order valence-electron chi connectivity index (χ2n) is 6.45. The summed E-state index contributed by atoms with van der Waals surface area (Å²) in [5.41, 5.74) is 0. The van der Waals surface area contributed by atoms with Gasteiger partial charge < -0.3 is 15.5 Å². The molecule has 0 bridgehead atoms. The molecule has 5 heteroatoms. The second kappa shape index (κ2) is 7.14. The minimum absolute atomic E-state index is 0.235. The Balaban J connectivity index is 1.27. The molecule has 0 aromatic rings. The summed E-state index contributed by atoms with van der Waals surface area (Å²) in [6.07, 6.45) is 6.46. The van der Waals surface area contributed by atoms with E-state index >= 15 is 0 Å². The van der Waals surface area contributed by atoms with Gasteiger partial charge in [-0.2, -0.15) is 0 Å². The highest BCUT2D eigenvalue weighted by molar-refractivity contribution is 8.00. The number of hydrogen-bond donors (Lipinski definition) is 2. The van der Waals surface area contributed by atoms with Gasteiger partial charge in [-0.25, -0.2) is 0 Å². The first kappa shape index (κ1) is 14.7. The fourth-order valence-corrected chi connectivity index (χ4v) is 4.32. The quantitative estimate of drug-likeness (QED) is 0.770. The maximum atomic E-state index is 11.9. The van der Waals surface area contributed by atoms with Crippen LogP contribution in [0.25, 0.3) is 0 Å². The van der Waals surface area contributed by atoms with E-state index < -0.39 is 0 Å². The molecule has 1 aliphatic carbocycles. The standard InChI is InChI=1S/C15H27N3OS/c19-15(11-20-14-3-6-16-7-4-14)17-9-12-5-8-18(10-12)13-1-2-13/h12-14,16H,1-11H2,(H,17,19).